The molecule has 0 amide bonds. The Labute approximate surface area is 143 Å². The smallest absolute Gasteiger partial charge is 0.116 e. The lowest BCUT2D eigenvalue weighted by atomic mass is 10.0. The molecule has 0 radical (unpaired) electrons. The van der Waals surface area contributed by atoms with E-state index in [2.05, 4.69) is 11.9 Å². The molecule has 0 aliphatic carbocycles. The molecule has 5 N–H and O–H groups in total. The van der Waals surface area contributed by atoms with Crippen molar-refractivity contribution < 1.29 is 10.2 Å². The van der Waals surface area contributed by atoms with Crippen LogP contribution in [0.4, 0.5) is 0 Å². The number of aliphatic hydroxyl groups is 1. The van der Waals surface area contributed by atoms with Crippen LogP contribution >= 0.6 is 0 Å². The van der Waals surface area contributed by atoms with Crippen molar-refractivity contribution in [2.45, 2.75) is 32.0 Å². The Balaban J connectivity index is 1.84. The minimum absolute atomic E-state index is 0.216. The van der Waals surface area contributed by atoms with Crippen LogP contribution in [0.15, 0.2) is 55.1 Å². The molecule has 0 saturated carbocycles. The molecule has 2 unspecified atom stereocenters. The first-order valence-electron chi connectivity index (χ1n) is 8.13. The summed E-state index contributed by atoms with van der Waals surface area (Å²) in [6.07, 6.45) is -0.00145. The summed E-state index contributed by atoms with van der Waals surface area (Å²) in [6.45, 7) is 6.73. The summed E-state index contributed by atoms with van der Waals surface area (Å²) >= 11 is 0. The maximum Gasteiger partial charge on any atom is 0.116 e. The Hall–Kier alpha value is -2.14. The van der Waals surface area contributed by atoms with Crippen molar-refractivity contribution in [3.8, 4) is 5.75 Å². The maximum absolute atomic E-state index is 10.2. The van der Waals surface area contributed by atoms with E-state index in [0.29, 0.717) is 19.5 Å². The van der Waals surface area contributed by atoms with Gasteiger partial charge in [0.25, 0.3) is 0 Å². The van der Waals surface area contributed by atoms with Gasteiger partial charge in [0.1, 0.15) is 5.75 Å². The number of nitrogens with one attached hydrogen (secondary N) is 1. The van der Waals surface area contributed by atoms with Gasteiger partial charge in [-0.05, 0) is 48.2 Å². The van der Waals surface area contributed by atoms with Gasteiger partial charge < -0.3 is 21.3 Å². The Morgan fingerprint density at radius 2 is 1.88 bits per heavy atom. The second-order valence-corrected chi connectivity index (χ2v) is 6.22. The fourth-order valence-electron chi connectivity index (χ4n) is 2.56. The molecule has 0 saturated heterocycles. The van der Waals surface area contributed by atoms with Crippen LogP contribution in [0, 0.1) is 0 Å². The molecule has 2 aromatic rings. The first-order valence-corrected chi connectivity index (χ1v) is 8.13. The molecule has 2 rings (SSSR count). The lowest BCUT2D eigenvalue weighted by Gasteiger charge is -2.19. The SMILES string of the molecule is C=C(C)c1cc(O)cc(CNCC(O)C(N)Cc2ccccc2)c1. The number of phenolic OH excluding ortho intramolecular Hbond substituents is 1. The van der Waals surface area contributed by atoms with Crippen molar-refractivity contribution in [1.29, 1.82) is 0 Å². The highest BCUT2D eigenvalue weighted by Gasteiger charge is 2.15. The fraction of sp³-hybridized carbons (Fsp3) is 0.300. The Kier molecular flexibility index (Phi) is 6.55. The molecule has 2 atom stereocenters. The first kappa shape index (κ1) is 18.2. The zero-order chi connectivity index (χ0) is 17.5. The summed E-state index contributed by atoms with van der Waals surface area (Å²) in [5.41, 5.74) is 9.94. The first-order chi connectivity index (χ1) is 11.5. The standard InChI is InChI=1S/C20H26N2O2/c1-14(2)17-8-16(9-18(23)11-17)12-22-13-20(24)19(21)10-15-6-4-3-5-7-15/h3-9,11,19-20,22-24H,1,10,12-13,21H2,2H3. The zero-order valence-electron chi connectivity index (χ0n) is 14.1. The van der Waals surface area contributed by atoms with Gasteiger partial charge in [-0.1, -0.05) is 42.5 Å². The number of rotatable bonds is 8. The fourth-order valence-corrected chi connectivity index (χ4v) is 2.56. The molecule has 4 heteroatoms. The van der Waals surface area contributed by atoms with Crippen molar-refractivity contribution in [1.82, 2.24) is 5.32 Å². The van der Waals surface area contributed by atoms with Gasteiger partial charge in [-0.3, -0.25) is 0 Å². The number of phenols is 1. The van der Waals surface area contributed by atoms with E-state index in [1.165, 1.54) is 0 Å². The lowest BCUT2D eigenvalue weighted by molar-refractivity contribution is 0.141. The van der Waals surface area contributed by atoms with Crippen LogP contribution in [0.1, 0.15) is 23.6 Å². The van der Waals surface area contributed by atoms with Crippen molar-refractivity contribution >= 4 is 5.57 Å². The second kappa shape index (κ2) is 8.64. The Morgan fingerprint density at radius 3 is 2.54 bits per heavy atom. The summed E-state index contributed by atoms with van der Waals surface area (Å²) < 4.78 is 0. The molecule has 0 spiro atoms. The molecule has 4 nitrogen and oxygen atoms in total. The molecule has 24 heavy (non-hydrogen) atoms. The molecule has 0 bridgehead atoms. The van der Waals surface area contributed by atoms with Gasteiger partial charge in [-0.2, -0.15) is 0 Å². The molecule has 0 heterocycles. The molecular weight excluding hydrogens is 300 g/mol. The van der Waals surface area contributed by atoms with Gasteiger partial charge in [-0.15, -0.1) is 0 Å². The quantitative estimate of drug-likeness (QED) is 0.601. The average molecular weight is 326 g/mol. The average Bonchev–Trinajstić information content (AvgIpc) is 2.55. The number of hydrogen-bond donors (Lipinski definition) is 4. The number of aliphatic hydroxyl groups excluding tert-OH is 1. The van der Waals surface area contributed by atoms with E-state index >= 15 is 0 Å². The van der Waals surface area contributed by atoms with Crippen molar-refractivity contribution in [2.24, 2.45) is 5.73 Å². The molecule has 2 aromatic carbocycles. The molecule has 0 aliphatic heterocycles. The number of nitrogens with two attached hydrogens (primary N) is 1. The van der Waals surface area contributed by atoms with Crippen molar-refractivity contribution in [2.75, 3.05) is 6.54 Å². The highest BCUT2D eigenvalue weighted by molar-refractivity contribution is 5.63. The minimum Gasteiger partial charge on any atom is -0.508 e. The van der Waals surface area contributed by atoms with Crippen LogP contribution in [0.3, 0.4) is 0 Å². The van der Waals surface area contributed by atoms with Crippen LogP contribution in [-0.4, -0.2) is 28.9 Å². The lowest BCUT2D eigenvalue weighted by Crippen LogP contribution is -2.42. The van der Waals surface area contributed by atoms with Gasteiger partial charge in [0.15, 0.2) is 0 Å². The second-order valence-electron chi connectivity index (χ2n) is 6.22. The van der Waals surface area contributed by atoms with Gasteiger partial charge in [-0.25, -0.2) is 0 Å². The summed E-state index contributed by atoms with van der Waals surface area (Å²) in [5, 5.41) is 23.2. The van der Waals surface area contributed by atoms with Crippen LogP contribution in [-0.2, 0) is 13.0 Å². The largest absolute Gasteiger partial charge is 0.508 e. The third kappa shape index (κ3) is 5.49. The molecule has 0 aromatic heterocycles. The minimum atomic E-state index is -0.636. The van der Waals surface area contributed by atoms with E-state index in [0.717, 1.165) is 22.3 Å². The van der Waals surface area contributed by atoms with E-state index in [-0.39, 0.29) is 11.8 Å². The molecular formula is C20H26N2O2. The Morgan fingerprint density at radius 1 is 1.17 bits per heavy atom. The Bertz CT molecular complexity index is 671. The monoisotopic (exact) mass is 326 g/mol. The third-order valence-electron chi connectivity index (χ3n) is 3.96. The summed E-state index contributed by atoms with van der Waals surface area (Å²) in [6, 6.07) is 15.0. The number of allylic oxidation sites excluding steroid dienone is 1. The van der Waals surface area contributed by atoms with E-state index < -0.39 is 6.10 Å². The maximum atomic E-state index is 10.2. The number of benzene rings is 2. The van der Waals surface area contributed by atoms with Gasteiger partial charge in [0.05, 0.1) is 6.10 Å². The van der Waals surface area contributed by atoms with Crippen LogP contribution in [0.5, 0.6) is 5.75 Å². The predicted octanol–water partition coefficient (Wildman–Crippen LogP) is 2.45. The third-order valence-corrected chi connectivity index (χ3v) is 3.96. The highest BCUT2D eigenvalue weighted by Crippen LogP contribution is 2.20. The van der Waals surface area contributed by atoms with E-state index in [4.69, 9.17) is 5.73 Å². The van der Waals surface area contributed by atoms with Gasteiger partial charge in [0.2, 0.25) is 0 Å². The predicted molar refractivity (Wildman–Crippen MR) is 98.6 cm³/mol. The summed E-state index contributed by atoms with van der Waals surface area (Å²) in [4.78, 5) is 0. The molecule has 0 fully saturated rings. The van der Waals surface area contributed by atoms with Crippen LogP contribution in [0.25, 0.3) is 5.57 Å². The molecule has 128 valence electrons. The van der Waals surface area contributed by atoms with Gasteiger partial charge in [0, 0.05) is 19.1 Å². The van der Waals surface area contributed by atoms with Crippen LogP contribution in [0.2, 0.25) is 0 Å². The van der Waals surface area contributed by atoms with Crippen LogP contribution < -0.4 is 11.1 Å². The van der Waals surface area contributed by atoms with Gasteiger partial charge >= 0.3 is 0 Å². The normalized spacial score (nSPS) is 13.5. The van der Waals surface area contributed by atoms with E-state index in [1.54, 1.807) is 12.1 Å². The van der Waals surface area contributed by atoms with E-state index in [9.17, 15) is 10.2 Å². The zero-order valence-corrected chi connectivity index (χ0v) is 14.1. The van der Waals surface area contributed by atoms with Crippen molar-refractivity contribution in [3.05, 3.63) is 71.8 Å². The number of hydrogen-bond acceptors (Lipinski definition) is 4. The molecule has 0 aliphatic rings. The van der Waals surface area contributed by atoms with E-state index in [1.807, 2.05) is 43.3 Å². The van der Waals surface area contributed by atoms with Crippen molar-refractivity contribution in [3.63, 3.8) is 0 Å². The number of aromatic hydroxyl groups is 1. The topological polar surface area (TPSA) is 78.5 Å². The highest BCUT2D eigenvalue weighted by atomic mass is 16.3. The summed E-state index contributed by atoms with van der Waals surface area (Å²) in [7, 11) is 0. The summed E-state index contributed by atoms with van der Waals surface area (Å²) in [5.74, 6) is 0.216.